The SMILES string of the molecule is CCCCC1N(CCC(C)C)C(=O)OC12CCN(C1CCN(C(=O)c3c(C)cccc3C)CC1)CC2. The van der Waals surface area contributed by atoms with Gasteiger partial charge in [-0.3, -0.25) is 9.69 Å². The van der Waals surface area contributed by atoms with Crippen molar-refractivity contribution >= 4 is 12.0 Å². The van der Waals surface area contributed by atoms with Crippen LogP contribution >= 0.6 is 0 Å². The summed E-state index contributed by atoms with van der Waals surface area (Å²) in [5.41, 5.74) is 2.68. The molecule has 3 saturated heterocycles. The van der Waals surface area contributed by atoms with Crippen LogP contribution in [0.4, 0.5) is 4.79 Å². The molecule has 3 aliphatic heterocycles. The van der Waals surface area contributed by atoms with Gasteiger partial charge in [0.25, 0.3) is 5.91 Å². The number of nitrogens with zero attached hydrogens (tertiary/aromatic N) is 3. The van der Waals surface area contributed by atoms with Gasteiger partial charge in [0.15, 0.2) is 0 Å². The van der Waals surface area contributed by atoms with Crippen molar-refractivity contribution in [3.05, 3.63) is 34.9 Å². The van der Waals surface area contributed by atoms with Gasteiger partial charge in [-0.1, -0.05) is 51.8 Å². The van der Waals surface area contributed by atoms with E-state index in [0.29, 0.717) is 12.0 Å². The second-order valence-corrected chi connectivity index (χ2v) is 11.8. The first-order valence-electron chi connectivity index (χ1n) is 14.3. The molecule has 2 amide bonds. The van der Waals surface area contributed by atoms with Crippen molar-refractivity contribution in [2.45, 2.75) is 104 Å². The Morgan fingerprint density at radius 2 is 1.72 bits per heavy atom. The number of rotatable bonds is 8. The van der Waals surface area contributed by atoms with E-state index in [1.54, 1.807) is 0 Å². The van der Waals surface area contributed by atoms with Crippen LogP contribution in [0.1, 0.15) is 93.6 Å². The first-order valence-corrected chi connectivity index (χ1v) is 14.3. The first-order chi connectivity index (χ1) is 17.3. The van der Waals surface area contributed by atoms with Crippen molar-refractivity contribution in [2.75, 3.05) is 32.7 Å². The highest BCUT2D eigenvalue weighted by Crippen LogP contribution is 2.42. The average molecular weight is 498 g/mol. The molecule has 1 atom stereocenters. The summed E-state index contributed by atoms with van der Waals surface area (Å²) >= 11 is 0. The topological polar surface area (TPSA) is 53.1 Å². The Hall–Kier alpha value is -2.08. The van der Waals surface area contributed by atoms with Crippen LogP contribution in [0.2, 0.25) is 0 Å². The van der Waals surface area contributed by atoms with E-state index >= 15 is 0 Å². The molecule has 0 saturated carbocycles. The smallest absolute Gasteiger partial charge is 0.410 e. The van der Waals surface area contributed by atoms with Crippen LogP contribution in [-0.4, -0.2) is 77.1 Å². The molecule has 0 aliphatic carbocycles. The van der Waals surface area contributed by atoms with Gasteiger partial charge >= 0.3 is 6.09 Å². The summed E-state index contributed by atoms with van der Waals surface area (Å²) in [6, 6.07) is 6.80. The maximum Gasteiger partial charge on any atom is 0.410 e. The van der Waals surface area contributed by atoms with Crippen LogP contribution in [-0.2, 0) is 4.74 Å². The molecule has 4 rings (SSSR count). The zero-order valence-electron chi connectivity index (χ0n) is 23.2. The second kappa shape index (κ2) is 11.5. The van der Waals surface area contributed by atoms with Gasteiger partial charge < -0.3 is 14.5 Å². The van der Waals surface area contributed by atoms with E-state index in [0.717, 1.165) is 101 Å². The monoisotopic (exact) mass is 497 g/mol. The van der Waals surface area contributed by atoms with Crippen LogP contribution < -0.4 is 0 Å². The number of piperidine rings is 2. The number of carbonyl (C=O) groups is 2. The molecule has 1 unspecified atom stereocenters. The van der Waals surface area contributed by atoms with E-state index in [4.69, 9.17) is 4.74 Å². The van der Waals surface area contributed by atoms with Gasteiger partial charge in [0, 0.05) is 57.2 Å². The lowest BCUT2D eigenvalue weighted by atomic mass is 9.81. The third kappa shape index (κ3) is 5.58. The largest absolute Gasteiger partial charge is 0.440 e. The van der Waals surface area contributed by atoms with Crippen LogP contribution in [0.25, 0.3) is 0 Å². The number of carbonyl (C=O) groups excluding carboxylic acids is 2. The maximum atomic E-state index is 13.2. The highest BCUT2D eigenvalue weighted by atomic mass is 16.6. The van der Waals surface area contributed by atoms with Crippen molar-refractivity contribution in [1.29, 1.82) is 0 Å². The summed E-state index contributed by atoms with van der Waals surface area (Å²) in [4.78, 5) is 32.9. The van der Waals surface area contributed by atoms with E-state index in [-0.39, 0.29) is 23.6 Å². The Morgan fingerprint density at radius 1 is 1.08 bits per heavy atom. The molecule has 36 heavy (non-hydrogen) atoms. The van der Waals surface area contributed by atoms with Crippen molar-refractivity contribution in [1.82, 2.24) is 14.7 Å². The van der Waals surface area contributed by atoms with Crippen molar-refractivity contribution < 1.29 is 14.3 Å². The third-order valence-electron chi connectivity index (χ3n) is 8.89. The van der Waals surface area contributed by atoms with Crippen LogP contribution in [0.15, 0.2) is 18.2 Å². The summed E-state index contributed by atoms with van der Waals surface area (Å²) in [7, 11) is 0. The van der Waals surface area contributed by atoms with Crippen LogP contribution in [0.3, 0.4) is 0 Å². The summed E-state index contributed by atoms with van der Waals surface area (Å²) in [5, 5.41) is 0. The number of aryl methyl sites for hydroxylation is 2. The Bertz CT molecular complexity index is 894. The minimum Gasteiger partial charge on any atom is -0.440 e. The normalized spacial score (nSPS) is 23.1. The minimum absolute atomic E-state index is 0.0940. The fourth-order valence-corrected chi connectivity index (χ4v) is 6.62. The Kier molecular flexibility index (Phi) is 8.64. The van der Waals surface area contributed by atoms with Crippen molar-refractivity contribution in [2.24, 2.45) is 5.92 Å². The zero-order valence-corrected chi connectivity index (χ0v) is 23.2. The summed E-state index contributed by atoms with van der Waals surface area (Å²) in [5.74, 6) is 0.760. The molecule has 200 valence electrons. The predicted molar refractivity (Wildman–Crippen MR) is 144 cm³/mol. The first kappa shape index (κ1) is 27.0. The van der Waals surface area contributed by atoms with Gasteiger partial charge in [0.05, 0.1) is 6.04 Å². The van der Waals surface area contributed by atoms with Gasteiger partial charge in [-0.05, 0) is 56.6 Å². The van der Waals surface area contributed by atoms with Gasteiger partial charge in [-0.25, -0.2) is 4.79 Å². The number of hydrogen-bond acceptors (Lipinski definition) is 4. The molecule has 0 aromatic heterocycles. The van der Waals surface area contributed by atoms with Gasteiger partial charge in [-0.15, -0.1) is 0 Å². The van der Waals surface area contributed by atoms with Gasteiger partial charge in [0.2, 0.25) is 0 Å². The van der Waals surface area contributed by atoms with E-state index < -0.39 is 0 Å². The summed E-state index contributed by atoms with van der Waals surface area (Å²) in [6.45, 7) is 15.1. The standard InChI is InChI=1S/C30H47N3O3/c1-6-7-11-26-30(36-29(35)33(26)19-12-22(2)3)15-20-31(21-16-30)25-13-17-32(18-14-25)28(34)27-23(4)9-8-10-24(27)5/h8-10,22,25-26H,6-7,11-21H2,1-5H3. The Labute approximate surface area is 218 Å². The lowest BCUT2D eigenvalue weighted by Gasteiger charge is -2.46. The average Bonchev–Trinajstić information content (AvgIpc) is 3.11. The van der Waals surface area contributed by atoms with Crippen molar-refractivity contribution in [3.8, 4) is 0 Å². The number of benzene rings is 1. The fourth-order valence-electron chi connectivity index (χ4n) is 6.62. The molecule has 1 aromatic carbocycles. The third-order valence-corrected chi connectivity index (χ3v) is 8.89. The predicted octanol–water partition coefficient (Wildman–Crippen LogP) is 5.80. The number of unbranched alkanes of at least 4 members (excludes halogenated alkanes) is 1. The molecular weight excluding hydrogens is 450 g/mol. The summed E-state index contributed by atoms with van der Waals surface area (Å²) in [6.07, 6.45) is 8.13. The molecule has 6 nitrogen and oxygen atoms in total. The number of likely N-dealkylation sites (tertiary alicyclic amines) is 2. The number of ether oxygens (including phenoxy) is 1. The zero-order chi connectivity index (χ0) is 25.9. The van der Waals surface area contributed by atoms with E-state index in [1.807, 2.05) is 36.9 Å². The summed E-state index contributed by atoms with van der Waals surface area (Å²) < 4.78 is 6.21. The molecular formula is C30H47N3O3. The Morgan fingerprint density at radius 3 is 2.31 bits per heavy atom. The van der Waals surface area contributed by atoms with E-state index in [9.17, 15) is 9.59 Å². The molecule has 6 heteroatoms. The fraction of sp³-hybridized carbons (Fsp3) is 0.733. The molecule has 1 aromatic rings. The van der Waals surface area contributed by atoms with Gasteiger partial charge in [0.1, 0.15) is 5.60 Å². The lowest BCUT2D eigenvalue weighted by Crippen LogP contribution is -2.56. The molecule has 3 heterocycles. The van der Waals surface area contributed by atoms with E-state index in [2.05, 4.69) is 30.6 Å². The molecule has 0 N–H and O–H groups in total. The molecule has 3 fully saturated rings. The molecule has 0 radical (unpaired) electrons. The number of hydrogen-bond donors (Lipinski definition) is 0. The highest BCUT2D eigenvalue weighted by molar-refractivity contribution is 5.97. The quantitative estimate of drug-likeness (QED) is 0.455. The van der Waals surface area contributed by atoms with E-state index in [1.165, 1.54) is 0 Å². The molecule has 0 bridgehead atoms. The van der Waals surface area contributed by atoms with Crippen molar-refractivity contribution in [3.63, 3.8) is 0 Å². The van der Waals surface area contributed by atoms with Crippen LogP contribution in [0, 0.1) is 19.8 Å². The molecule has 3 aliphatic rings. The lowest BCUT2D eigenvalue weighted by molar-refractivity contribution is -0.0382. The Balaban J connectivity index is 1.34. The minimum atomic E-state index is -0.321. The van der Waals surface area contributed by atoms with Crippen LogP contribution in [0.5, 0.6) is 0 Å². The number of amides is 2. The molecule has 1 spiro atoms. The highest BCUT2D eigenvalue weighted by Gasteiger charge is 2.54. The van der Waals surface area contributed by atoms with Gasteiger partial charge in [-0.2, -0.15) is 0 Å². The maximum absolute atomic E-state index is 13.2. The second-order valence-electron chi connectivity index (χ2n) is 11.8.